The molecule has 0 saturated carbocycles. The lowest BCUT2D eigenvalue weighted by atomic mass is 9.99. The Hall–Kier alpha value is -8.76. The fourth-order valence-electron chi connectivity index (χ4n) is 11.3. The number of methoxy groups -OCH3 is 1. The van der Waals surface area contributed by atoms with Crippen LogP contribution in [0.1, 0.15) is 93.6 Å². The molecule has 6 aromatic rings. The molecular weight excluding hydrogens is 1210 g/mol. The smallest absolute Gasteiger partial charge is 0.278 e. The number of likely N-dealkylation sites (tertiary alicyclic amines) is 1. The van der Waals surface area contributed by atoms with E-state index in [1.165, 1.54) is 40.5 Å². The normalized spacial score (nSPS) is 16.8. The number of nitrogens with zero attached hydrogens (tertiary/aromatic N) is 6. The van der Waals surface area contributed by atoms with E-state index in [4.69, 9.17) is 18.9 Å². The van der Waals surface area contributed by atoms with Gasteiger partial charge in [0.25, 0.3) is 21.9 Å². The van der Waals surface area contributed by atoms with Crippen LogP contribution < -0.4 is 25.4 Å². The molecule has 9 rings (SSSR count). The molecule has 3 aromatic heterocycles. The first-order chi connectivity index (χ1) is 43.5. The second kappa shape index (κ2) is 29.5. The van der Waals surface area contributed by atoms with Gasteiger partial charge in [0, 0.05) is 107 Å². The molecule has 0 aliphatic carbocycles. The number of benzene rings is 3. The van der Waals surface area contributed by atoms with Gasteiger partial charge in [-0.25, -0.2) is 4.98 Å². The van der Waals surface area contributed by atoms with Gasteiger partial charge in [-0.1, -0.05) is 42.5 Å². The average Bonchev–Trinajstić information content (AvgIpc) is 1.64. The molecule has 6 heterocycles. The number of fused-ring (bicyclic) bond motifs is 3. The zero-order valence-corrected chi connectivity index (χ0v) is 52.8. The van der Waals surface area contributed by atoms with Gasteiger partial charge in [-0.3, -0.25) is 57.2 Å². The molecule has 2 saturated heterocycles. The second-order valence-electron chi connectivity index (χ2n) is 22.7. The largest absolute Gasteiger partial charge is 0.493 e. The highest BCUT2D eigenvalue weighted by atomic mass is 32.2. The number of ether oxygens (including phenoxy) is 4. The summed E-state index contributed by atoms with van der Waals surface area (Å²) in [6, 6.07) is 17.9. The minimum Gasteiger partial charge on any atom is -0.493 e. The first-order valence-electron chi connectivity index (χ1n) is 29.7. The Morgan fingerprint density at radius 2 is 1.55 bits per heavy atom. The van der Waals surface area contributed by atoms with Crippen LogP contribution in [0.25, 0.3) is 22.0 Å². The Kier molecular flexibility index (Phi) is 21.6. The van der Waals surface area contributed by atoms with Crippen LogP contribution in [0.4, 0.5) is 5.82 Å². The van der Waals surface area contributed by atoms with Crippen LogP contribution in [-0.2, 0) is 81.7 Å². The summed E-state index contributed by atoms with van der Waals surface area (Å²) in [5, 5.41) is 7.25. The number of Topliss-reactive ketones (excluding diaryl/α,β-unsaturated/α-hetero) is 2. The summed E-state index contributed by atoms with van der Waals surface area (Å²) in [6.45, 7) is 6.83. The SMILES string of the molecule is C=C1C[C@H]2C(S(=O)(=O)O)Cc3cc(OCCCC(=O)Nc4cn(C)c(C(=O)Cc5ccc(-c6cc(C(=O)n7ccc8cc(CC(=O)[C@H](C)NC(=O)CCOCCOCCNC(=O)CCN9C(=O)CC(SC)C9=O)ccc87)n(C)c6)cc5)n4)c(OC)cc3C(=O)N2C1. The molecule has 0 spiro atoms. The number of carbonyl (C=O) groups is 9. The first kappa shape index (κ1) is 66.7. The van der Waals surface area contributed by atoms with Crippen molar-refractivity contribution in [2.75, 3.05) is 71.4 Å². The fourth-order valence-corrected chi connectivity index (χ4v) is 13.0. The zero-order chi connectivity index (χ0) is 65.3. The second-order valence-corrected chi connectivity index (χ2v) is 25.3. The lowest BCUT2D eigenvalue weighted by Gasteiger charge is -2.26. The highest BCUT2D eigenvalue weighted by Gasteiger charge is 2.46. The maximum atomic E-state index is 14.0. The van der Waals surface area contributed by atoms with E-state index in [9.17, 15) is 56.1 Å². The third kappa shape index (κ3) is 16.2. The lowest BCUT2D eigenvalue weighted by molar-refractivity contribution is -0.138. The number of imide groups is 1. The topological polar surface area (TPSA) is 315 Å². The summed E-state index contributed by atoms with van der Waals surface area (Å²) < 4.78 is 62.5. The van der Waals surface area contributed by atoms with Gasteiger partial charge in [-0.05, 0) is 91.1 Å². The van der Waals surface area contributed by atoms with Crippen molar-refractivity contribution in [1.82, 2.24) is 39.1 Å². The summed E-state index contributed by atoms with van der Waals surface area (Å²) in [6.07, 6.45) is 7.50. The van der Waals surface area contributed by atoms with E-state index in [0.29, 0.717) is 33.5 Å². The molecule has 25 nitrogen and oxygen atoms in total. The van der Waals surface area contributed by atoms with Crippen LogP contribution in [0.15, 0.2) is 97.5 Å². The Bertz CT molecular complexity index is 3930. The number of thioether (sulfide) groups is 1. The third-order valence-electron chi connectivity index (χ3n) is 16.2. The molecule has 3 aliphatic rings. The minimum atomic E-state index is -4.54. The average molecular weight is 1290 g/mol. The molecule has 482 valence electrons. The molecule has 2 fully saturated rings. The van der Waals surface area contributed by atoms with E-state index in [1.54, 1.807) is 73.1 Å². The third-order valence-corrected chi connectivity index (χ3v) is 18.3. The number of aromatic nitrogens is 4. The van der Waals surface area contributed by atoms with Gasteiger partial charge < -0.3 is 48.9 Å². The molecule has 0 bridgehead atoms. The maximum Gasteiger partial charge on any atom is 0.278 e. The maximum absolute atomic E-state index is 14.0. The van der Waals surface area contributed by atoms with Gasteiger partial charge in [0.2, 0.25) is 35.3 Å². The van der Waals surface area contributed by atoms with Gasteiger partial charge >= 0.3 is 0 Å². The molecule has 27 heteroatoms. The monoisotopic (exact) mass is 1290 g/mol. The van der Waals surface area contributed by atoms with Crippen molar-refractivity contribution in [3.05, 3.63) is 131 Å². The van der Waals surface area contributed by atoms with Crippen LogP contribution in [0.5, 0.6) is 11.5 Å². The van der Waals surface area contributed by atoms with Crippen molar-refractivity contribution in [3.63, 3.8) is 0 Å². The lowest BCUT2D eigenvalue weighted by Crippen LogP contribution is -2.44. The zero-order valence-electron chi connectivity index (χ0n) is 51.2. The fraction of sp³-hybridized carbons (Fsp3) is 0.406. The quantitative estimate of drug-likeness (QED) is 0.0153. The number of hydrogen-bond donors (Lipinski definition) is 4. The highest BCUT2D eigenvalue weighted by molar-refractivity contribution is 8.00. The van der Waals surface area contributed by atoms with Gasteiger partial charge in [-0.15, -0.1) is 0 Å². The number of aryl methyl sites for hydroxylation is 2. The van der Waals surface area contributed by atoms with Crippen molar-refractivity contribution in [2.45, 2.75) is 87.3 Å². The molecule has 0 radical (unpaired) electrons. The Balaban J connectivity index is 0.680. The number of nitrogens with one attached hydrogen (secondary N) is 3. The standard InChI is InChI=1S/C64H73N9O16S2/c1-38-26-48-55(91(83,84)85)32-44-31-53(52(86-5)33-46(44)62(80)73(48)35-38)89-21-7-8-58(77)67-56-37-70(4)61(68-56)51(75)28-40-9-12-42(13-10-40)45-30-49(69(3)36-45)63(81)71-19-15-43-27-41(11-14-47(43)71)29-50(74)39(2)66-59(78)17-22-87-24-25-88-23-18-65-57(76)16-20-72-60(79)34-54(90-6)64(72)82/h9-15,19,27,30-31,33,36-37,39,48,54-55H,1,7-8,16-18,20-26,28-29,32,34-35H2,2-6H3,(H,65,76)(H,66,78)(H,67,77)(H,83,84,85)/t39-,48-,54?,55?/m0/s1. The van der Waals surface area contributed by atoms with Crippen LogP contribution in [0.2, 0.25) is 0 Å². The number of imidazole rings is 1. The summed E-state index contributed by atoms with van der Waals surface area (Å²) in [7, 11) is 0.303. The van der Waals surface area contributed by atoms with E-state index in [-0.39, 0.29) is 191 Å². The Morgan fingerprint density at radius 1 is 0.802 bits per heavy atom. The number of rotatable bonds is 30. The summed E-state index contributed by atoms with van der Waals surface area (Å²) >= 11 is 1.32. The van der Waals surface area contributed by atoms with Crippen LogP contribution in [-0.4, -0.2) is 183 Å². The van der Waals surface area contributed by atoms with Gasteiger partial charge in [0.1, 0.15) is 10.9 Å². The number of carbonyl (C=O) groups excluding carboxylic acids is 9. The molecule has 91 heavy (non-hydrogen) atoms. The molecule has 4 atom stereocenters. The molecule has 2 unspecified atom stereocenters. The number of hydrogen-bond acceptors (Lipinski definition) is 17. The van der Waals surface area contributed by atoms with Crippen molar-refractivity contribution in [1.29, 1.82) is 0 Å². The van der Waals surface area contributed by atoms with Crippen molar-refractivity contribution in [2.24, 2.45) is 14.1 Å². The first-order valence-corrected chi connectivity index (χ1v) is 32.4. The minimum absolute atomic E-state index is 0.00904. The van der Waals surface area contributed by atoms with Crippen molar-refractivity contribution in [3.8, 4) is 22.6 Å². The van der Waals surface area contributed by atoms with Crippen LogP contribution in [0, 0.1) is 0 Å². The van der Waals surface area contributed by atoms with Gasteiger partial charge in [0.15, 0.2) is 28.9 Å². The van der Waals surface area contributed by atoms with E-state index < -0.39 is 33.4 Å². The predicted octanol–water partition coefficient (Wildman–Crippen LogP) is 4.92. The number of amides is 6. The predicted molar refractivity (Wildman–Crippen MR) is 337 cm³/mol. The summed E-state index contributed by atoms with van der Waals surface area (Å²) in [4.78, 5) is 123. The molecule has 3 aliphatic heterocycles. The number of ketones is 2. The van der Waals surface area contributed by atoms with Crippen LogP contribution >= 0.6 is 11.8 Å². The van der Waals surface area contributed by atoms with E-state index in [0.717, 1.165) is 21.4 Å². The van der Waals surface area contributed by atoms with Crippen LogP contribution in [0.3, 0.4) is 0 Å². The van der Waals surface area contributed by atoms with E-state index in [1.807, 2.05) is 36.5 Å². The van der Waals surface area contributed by atoms with Crippen molar-refractivity contribution < 1.29 is 75.1 Å². The molecular formula is C64H73N9O16S2. The van der Waals surface area contributed by atoms with Crippen molar-refractivity contribution >= 4 is 91.5 Å². The highest BCUT2D eigenvalue weighted by Crippen LogP contribution is 2.39. The van der Waals surface area contributed by atoms with Gasteiger partial charge in [-0.2, -0.15) is 20.2 Å². The summed E-state index contributed by atoms with van der Waals surface area (Å²) in [5.41, 5.74) is 5.39. The molecule has 3 aromatic carbocycles. The van der Waals surface area contributed by atoms with E-state index in [2.05, 4.69) is 27.5 Å². The molecule has 6 amide bonds. The van der Waals surface area contributed by atoms with E-state index >= 15 is 0 Å². The Morgan fingerprint density at radius 3 is 2.27 bits per heavy atom. The Labute approximate surface area is 529 Å². The summed E-state index contributed by atoms with van der Waals surface area (Å²) in [5.74, 6) is -1.91. The van der Waals surface area contributed by atoms with Gasteiger partial charge in [0.05, 0.1) is 63.0 Å². The molecule has 4 N–H and O–H groups in total. The number of anilines is 1.